The van der Waals surface area contributed by atoms with Gasteiger partial charge < -0.3 is 14.6 Å². The number of hydrogen-bond donors (Lipinski definition) is 1. The highest BCUT2D eigenvalue weighted by Gasteiger charge is 2.07. The second kappa shape index (κ2) is 5.31. The first-order valence-corrected chi connectivity index (χ1v) is 4.26. The molecule has 1 N–H and O–H groups in total. The Morgan fingerprint density at radius 1 is 1.53 bits per heavy atom. The van der Waals surface area contributed by atoms with Crippen LogP contribution in [0.15, 0.2) is 18.2 Å². The summed E-state index contributed by atoms with van der Waals surface area (Å²) in [5.74, 6) is -0.739. The Balaban J connectivity index is 2.72. The van der Waals surface area contributed by atoms with Gasteiger partial charge in [0.1, 0.15) is 11.6 Å². The molecule has 0 heterocycles. The second-order valence-corrected chi connectivity index (χ2v) is 2.77. The first-order valence-electron chi connectivity index (χ1n) is 4.26. The van der Waals surface area contributed by atoms with Gasteiger partial charge in [-0.3, -0.25) is 0 Å². The second-order valence-electron chi connectivity index (χ2n) is 2.77. The maximum Gasteiger partial charge on any atom is 0.343 e. The zero-order chi connectivity index (χ0) is 11.3. The van der Waals surface area contributed by atoms with Gasteiger partial charge in [0.25, 0.3) is 0 Å². The molecule has 0 unspecified atom stereocenters. The standard InChI is InChI=1S/C10H11FO4/c1-14-10(13)6-15-9-3-2-8(11)4-7(9)5-12/h2-4,12H,5-6H2,1H3. The van der Waals surface area contributed by atoms with Crippen molar-refractivity contribution in [3.05, 3.63) is 29.6 Å². The SMILES string of the molecule is COC(=O)COc1ccc(F)cc1CO. The molecule has 0 aromatic heterocycles. The van der Waals surface area contributed by atoms with Crippen molar-refractivity contribution in [3.63, 3.8) is 0 Å². The maximum absolute atomic E-state index is 12.7. The molecular weight excluding hydrogens is 203 g/mol. The van der Waals surface area contributed by atoms with Gasteiger partial charge in [0.05, 0.1) is 13.7 Å². The highest BCUT2D eigenvalue weighted by Crippen LogP contribution is 2.19. The fourth-order valence-electron chi connectivity index (χ4n) is 1.01. The molecule has 0 amide bonds. The van der Waals surface area contributed by atoms with E-state index in [1.54, 1.807) is 0 Å². The molecule has 0 aliphatic rings. The third-order valence-corrected chi connectivity index (χ3v) is 1.77. The molecule has 0 radical (unpaired) electrons. The van der Waals surface area contributed by atoms with Crippen molar-refractivity contribution in [2.45, 2.75) is 6.61 Å². The molecule has 0 spiro atoms. The molecule has 0 bridgehead atoms. The van der Waals surface area contributed by atoms with Crippen LogP contribution in [0.1, 0.15) is 5.56 Å². The van der Waals surface area contributed by atoms with Crippen LogP contribution in [0.25, 0.3) is 0 Å². The molecule has 15 heavy (non-hydrogen) atoms. The van der Waals surface area contributed by atoms with Crippen LogP contribution in [0, 0.1) is 5.82 Å². The molecule has 4 nitrogen and oxygen atoms in total. The third kappa shape index (κ3) is 3.21. The number of methoxy groups -OCH3 is 1. The molecule has 0 saturated carbocycles. The van der Waals surface area contributed by atoms with E-state index in [0.29, 0.717) is 5.56 Å². The summed E-state index contributed by atoms with van der Waals surface area (Å²) in [6.07, 6.45) is 0. The Kier molecular flexibility index (Phi) is 4.05. The molecule has 1 rings (SSSR count). The van der Waals surface area contributed by atoms with Crippen molar-refractivity contribution in [1.29, 1.82) is 0 Å². The number of hydrogen-bond acceptors (Lipinski definition) is 4. The minimum Gasteiger partial charge on any atom is -0.482 e. The number of aliphatic hydroxyl groups excluding tert-OH is 1. The molecule has 1 aromatic rings. The molecule has 82 valence electrons. The minimum atomic E-state index is -0.539. The van der Waals surface area contributed by atoms with Crippen LogP contribution in [0.4, 0.5) is 4.39 Å². The smallest absolute Gasteiger partial charge is 0.343 e. The molecule has 0 saturated heterocycles. The normalized spacial score (nSPS) is 9.80. The van der Waals surface area contributed by atoms with Gasteiger partial charge >= 0.3 is 5.97 Å². The number of halogens is 1. The van der Waals surface area contributed by atoms with Crippen LogP contribution in [0.3, 0.4) is 0 Å². The summed E-state index contributed by atoms with van der Waals surface area (Å²) in [5.41, 5.74) is 0.291. The molecule has 0 atom stereocenters. The van der Waals surface area contributed by atoms with Crippen molar-refractivity contribution in [1.82, 2.24) is 0 Å². The van der Waals surface area contributed by atoms with E-state index < -0.39 is 11.8 Å². The summed E-state index contributed by atoms with van der Waals surface area (Å²) >= 11 is 0. The van der Waals surface area contributed by atoms with E-state index in [2.05, 4.69) is 4.74 Å². The summed E-state index contributed by atoms with van der Waals surface area (Å²) in [4.78, 5) is 10.8. The summed E-state index contributed by atoms with van der Waals surface area (Å²) in [5, 5.41) is 8.90. The van der Waals surface area contributed by atoms with E-state index in [4.69, 9.17) is 9.84 Å². The van der Waals surface area contributed by atoms with Crippen molar-refractivity contribution < 1.29 is 23.8 Å². The monoisotopic (exact) mass is 214 g/mol. The lowest BCUT2D eigenvalue weighted by Gasteiger charge is -2.08. The van der Waals surface area contributed by atoms with Gasteiger partial charge in [0.2, 0.25) is 0 Å². The fraction of sp³-hybridized carbons (Fsp3) is 0.300. The van der Waals surface area contributed by atoms with Crippen molar-refractivity contribution in [2.75, 3.05) is 13.7 Å². The van der Waals surface area contributed by atoms with Gasteiger partial charge in [0.15, 0.2) is 6.61 Å². The Hall–Kier alpha value is -1.62. The highest BCUT2D eigenvalue weighted by molar-refractivity contribution is 5.70. The number of rotatable bonds is 4. The van der Waals surface area contributed by atoms with Gasteiger partial charge in [0, 0.05) is 5.56 Å². The molecule has 1 aromatic carbocycles. The van der Waals surface area contributed by atoms with Crippen molar-refractivity contribution >= 4 is 5.97 Å². The first-order chi connectivity index (χ1) is 7.17. The van der Waals surface area contributed by atoms with E-state index >= 15 is 0 Å². The highest BCUT2D eigenvalue weighted by atomic mass is 19.1. The lowest BCUT2D eigenvalue weighted by Crippen LogP contribution is -2.13. The van der Waals surface area contributed by atoms with E-state index in [1.165, 1.54) is 19.2 Å². The largest absolute Gasteiger partial charge is 0.482 e. The number of esters is 1. The molecule has 0 aliphatic carbocycles. The summed E-state index contributed by atoms with van der Waals surface area (Å²) < 4.78 is 22.1. The van der Waals surface area contributed by atoms with Crippen LogP contribution in [-0.2, 0) is 16.1 Å². The van der Waals surface area contributed by atoms with Gasteiger partial charge in [-0.05, 0) is 18.2 Å². The van der Waals surface area contributed by atoms with Crippen LogP contribution in [0.5, 0.6) is 5.75 Å². The summed E-state index contributed by atoms with van der Waals surface area (Å²) in [7, 11) is 1.24. The fourth-order valence-corrected chi connectivity index (χ4v) is 1.01. The Morgan fingerprint density at radius 3 is 2.87 bits per heavy atom. The Morgan fingerprint density at radius 2 is 2.27 bits per heavy atom. The predicted octanol–water partition coefficient (Wildman–Crippen LogP) is 0.870. The average molecular weight is 214 g/mol. The van der Waals surface area contributed by atoms with Crippen LogP contribution >= 0.6 is 0 Å². The van der Waals surface area contributed by atoms with Gasteiger partial charge in [-0.25, -0.2) is 9.18 Å². The van der Waals surface area contributed by atoms with Crippen LogP contribution < -0.4 is 4.74 Å². The lowest BCUT2D eigenvalue weighted by molar-refractivity contribution is -0.142. The van der Waals surface area contributed by atoms with Gasteiger partial charge in [-0.2, -0.15) is 0 Å². The molecule has 0 fully saturated rings. The maximum atomic E-state index is 12.7. The average Bonchev–Trinajstić information content (AvgIpc) is 2.26. The number of aliphatic hydroxyl groups is 1. The van der Waals surface area contributed by atoms with E-state index in [9.17, 15) is 9.18 Å². The third-order valence-electron chi connectivity index (χ3n) is 1.77. The van der Waals surface area contributed by atoms with E-state index in [1.807, 2.05) is 0 Å². The van der Waals surface area contributed by atoms with Gasteiger partial charge in [-0.15, -0.1) is 0 Å². The van der Waals surface area contributed by atoms with E-state index in [-0.39, 0.29) is 19.0 Å². The zero-order valence-electron chi connectivity index (χ0n) is 8.20. The van der Waals surface area contributed by atoms with E-state index in [0.717, 1.165) is 6.07 Å². The molecule has 5 heteroatoms. The summed E-state index contributed by atoms with van der Waals surface area (Å²) in [6.45, 7) is -0.622. The zero-order valence-corrected chi connectivity index (χ0v) is 8.20. The quantitative estimate of drug-likeness (QED) is 0.755. The van der Waals surface area contributed by atoms with Crippen LogP contribution in [-0.4, -0.2) is 24.8 Å². The molecule has 0 aliphatic heterocycles. The van der Waals surface area contributed by atoms with Crippen LogP contribution in [0.2, 0.25) is 0 Å². The number of benzene rings is 1. The van der Waals surface area contributed by atoms with Gasteiger partial charge in [-0.1, -0.05) is 0 Å². The Labute approximate surface area is 86.2 Å². The minimum absolute atomic E-state index is 0.268. The summed E-state index contributed by atoms with van der Waals surface area (Å²) in [6, 6.07) is 3.68. The number of carbonyl (C=O) groups excluding carboxylic acids is 1. The predicted molar refractivity (Wildman–Crippen MR) is 49.8 cm³/mol. The topological polar surface area (TPSA) is 55.8 Å². The lowest BCUT2D eigenvalue weighted by atomic mass is 10.2. The molecular formula is C10H11FO4. The van der Waals surface area contributed by atoms with Crippen molar-refractivity contribution in [2.24, 2.45) is 0 Å². The van der Waals surface area contributed by atoms with Crippen molar-refractivity contribution in [3.8, 4) is 5.75 Å². The Bertz CT molecular complexity index is 351. The first kappa shape index (κ1) is 11.5. The number of ether oxygens (including phenoxy) is 2. The number of carbonyl (C=O) groups is 1.